The number of carbonyl (C=O) groups excluding carboxylic acids is 2. The number of nitrogens with zero attached hydrogens (tertiary/aromatic N) is 2. The Kier molecular flexibility index (Phi) is 12.4. The summed E-state index contributed by atoms with van der Waals surface area (Å²) in [4.78, 5) is 29.8. The molecule has 4 aromatic carbocycles. The monoisotopic (exact) mass is 719 g/mol. The van der Waals surface area contributed by atoms with Gasteiger partial charge in [-0.05, 0) is 60.9 Å². The van der Waals surface area contributed by atoms with Crippen LogP contribution in [0.15, 0.2) is 102 Å². The summed E-state index contributed by atoms with van der Waals surface area (Å²) in [5.74, 6) is -1.04. The van der Waals surface area contributed by atoms with Crippen molar-refractivity contribution in [1.29, 1.82) is 0 Å². The molecule has 242 valence electrons. The largest absolute Gasteiger partial charge is 0.352 e. The normalized spacial score (nSPS) is 12.7. The molecular weight excluding hydrogens is 688 g/mol. The smallest absolute Gasteiger partial charge is 0.264 e. The molecule has 0 aliphatic rings. The third-order valence-corrected chi connectivity index (χ3v) is 10.7. The van der Waals surface area contributed by atoms with Crippen molar-refractivity contribution >= 4 is 73.9 Å². The first-order valence-corrected chi connectivity index (χ1v) is 17.5. The fourth-order valence-electron chi connectivity index (χ4n) is 4.75. The van der Waals surface area contributed by atoms with Gasteiger partial charge in [-0.3, -0.25) is 13.9 Å². The molecule has 0 fully saturated rings. The van der Waals surface area contributed by atoms with Gasteiger partial charge in [0.05, 0.1) is 30.7 Å². The highest BCUT2D eigenvalue weighted by Gasteiger charge is 2.35. The van der Waals surface area contributed by atoms with E-state index in [9.17, 15) is 18.0 Å². The van der Waals surface area contributed by atoms with E-state index in [2.05, 4.69) is 5.32 Å². The number of benzene rings is 4. The standard InChI is InChI=1S/C34H33Cl4N3O4S/c1-3-23(2)39-34(43)31(20-24-11-6-4-7-12-24)40(21-25-17-18-27(35)29(37)19-25)32(42)22-41(30-16-10-15-28(36)33(30)38)46(44,45)26-13-8-5-9-14-26/h4-19,23,31H,3,20-22H2,1-2H3,(H,39,43)/t23-,31+/m1/s1. The van der Waals surface area contributed by atoms with Gasteiger partial charge in [0.2, 0.25) is 11.8 Å². The van der Waals surface area contributed by atoms with Crippen LogP contribution in [0.4, 0.5) is 5.69 Å². The van der Waals surface area contributed by atoms with E-state index >= 15 is 0 Å². The minimum absolute atomic E-state index is 0.0181. The van der Waals surface area contributed by atoms with Crippen molar-refractivity contribution in [3.63, 3.8) is 0 Å². The molecule has 0 heterocycles. The van der Waals surface area contributed by atoms with E-state index in [-0.39, 0.29) is 50.6 Å². The molecule has 0 aromatic heterocycles. The van der Waals surface area contributed by atoms with Crippen molar-refractivity contribution in [3.05, 3.63) is 128 Å². The van der Waals surface area contributed by atoms with E-state index in [0.29, 0.717) is 17.0 Å². The van der Waals surface area contributed by atoms with Gasteiger partial charge in [-0.25, -0.2) is 8.42 Å². The molecule has 2 amide bonds. The lowest BCUT2D eigenvalue weighted by Crippen LogP contribution is -2.54. The maximum absolute atomic E-state index is 14.6. The third-order valence-electron chi connectivity index (χ3n) is 7.42. The minimum atomic E-state index is -4.33. The molecule has 1 N–H and O–H groups in total. The molecule has 4 aromatic rings. The van der Waals surface area contributed by atoms with Crippen LogP contribution >= 0.6 is 46.4 Å². The van der Waals surface area contributed by atoms with Crippen molar-refractivity contribution in [1.82, 2.24) is 10.2 Å². The second-order valence-corrected chi connectivity index (χ2v) is 14.2. The molecule has 0 aliphatic heterocycles. The van der Waals surface area contributed by atoms with Crippen molar-refractivity contribution in [2.75, 3.05) is 10.8 Å². The van der Waals surface area contributed by atoms with Crippen LogP contribution in [0.1, 0.15) is 31.4 Å². The number of hydrogen-bond acceptors (Lipinski definition) is 4. The molecule has 7 nitrogen and oxygen atoms in total. The summed E-state index contributed by atoms with van der Waals surface area (Å²) in [6, 6.07) is 25.3. The molecule has 0 saturated carbocycles. The Labute approximate surface area is 290 Å². The van der Waals surface area contributed by atoms with Gasteiger partial charge in [0.25, 0.3) is 10.0 Å². The van der Waals surface area contributed by atoms with E-state index < -0.39 is 28.5 Å². The van der Waals surface area contributed by atoms with E-state index in [1.54, 1.807) is 42.5 Å². The molecule has 46 heavy (non-hydrogen) atoms. The van der Waals surface area contributed by atoms with Gasteiger partial charge in [-0.15, -0.1) is 0 Å². The Balaban J connectivity index is 1.85. The molecule has 0 bridgehead atoms. The van der Waals surface area contributed by atoms with Crippen molar-refractivity contribution in [3.8, 4) is 0 Å². The Bertz CT molecular complexity index is 1780. The van der Waals surface area contributed by atoms with Crippen molar-refractivity contribution < 1.29 is 18.0 Å². The quantitative estimate of drug-likeness (QED) is 0.152. The van der Waals surface area contributed by atoms with Crippen LogP contribution in [0, 0.1) is 0 Å². The van der Waals surface area contributed by atoms with Gasteiger partial charge >= 0.3 is 0 Å². The summed E-state index contributed by atoms with van der Waals surface area (Å²) in [7, 11) is -4.33. The number of nitrogens with one attached hydrogen (secondary N) is 1. The first-order chi connectivity index (χ1) is 21.9. The Morgan fingerprint density at radius 2 is 1.43 bits per heavy atom. The molecular formula is C34H33Cl4N3O4S. The van der Waals surface area contributed by atoms with Gasteiger partial charge in [0.15, 0.2) is 0 Å². The number of rotatable bonds is 13. The highest BCUT2D eigenvalue weighted by atomic mass is 35.5. The fourth-order valence-corrected chi connectivity index (χ4v) is 6.96. The summed E-state index contributed by atoms with van der Waals surface area (Å²) in [6.07, 6.45) is 0.834. The number of carbonyl (C=O) groups is 2. The zero-order chi connectivity index (χ0) is 33.4. The number of amides is 2. The second-order valence-electron chi connectivity index (χ2n) is 10.7. The van der Waals surface area contributed by atoms with Gasteiger partial charge in [0, 0.05) is 19.0 Å². The summed E-state index contributed by atoms with van der Waals surface area (Å²) < 4.78 is 29.2. The number of anilines is 1. The van der Waals surface area contributed by atoms with Crippen LogP contribution < -0.4 is 9.62 Å². The zero-order valence-electron chi connectivity index (χ0n) is 25.2. The van der Waals surface area contributed by atoms with E-state index in [4.69, 9.17) is 46.4 Å². The van der Waals surface area contributed by atoms with Crippen LogP contribution in [0.25, 0.3) is 0 Å². The lowest BCUT2D eigenvalue weighted by atomic mass is 10.0. The van der Waals surface area contributed by atoms with Gasteiger partial charge in [-0.2, -0.15) is 0 Å². The number of halogens is 4. The van der Waals surface area contributed by atoms with Crippen molar-refractivity contribution in [2.24, 2.45) is 0 Å². The topological polar surface area (TPSA) is 86.8 Å². The predicted octanol–water partition coefficient (Wildman–Crippen LogP) is 8.05. The zero-order valence-corrected chi connectivity index (χ0v) is 29.0. The third kappa shape index (κ3) is 8.75. The predicted molar refractivity (Wildman–Crippen MR) is 186 cm³/mol. The van der Waals surface area contributed by atoms with Crippen LogP contribution in [0.3, 0.4) is 0 Å². The van der Waals surface area contributed by atoms with Gasteiger partial charge in [0.1, 0.15) is 12.6 Å². The number of sulfonamides is 1. The van der Waals surface area contributed by atoms with Gasteiger partial charge in [-0.1, -0.05) is 114 Å². The summed E-state index contributed by atoms with van der Waals surface area (Å²) >= 11 is 25.4. The maximum Gasteiger partial charge on any atom is 0.264 e. The lowest BCUT2D eigenvalue weighted by molar-refractivity contribution is -0.140. The molecule has 0 spiro atoms. The summed E-state index contributed by atoms with van der Waals surface area (Å²) in [5.41, 5.74) is 1.42. The lowest BCUT2D eigenvalue weighted by Gasteiger charge is -2.34. The Morgan fingerprint density at radius 1 is 0.783 bits per heavy atom. The van der Waals surface area contributed by atoms with Crippen LogP contribution in [-0.2, 0) is 32.6 Å². The highest BCUT2D eigenvalue weighted by Crippen LogP contribution is 2.36. The molecule has 4 rings (SSSR count). The average molecular weight is 722 g/mol. The van der Waals surface area contributed by atoms with E-state index in [1.807, 2.05) is 44.2 Å². The van der Waals surface area contributed by atoms with Crippen molar-refractivity contribution in [2.45, 2.75) is 50.2 Å². The molecule has 0 aliphatic carbocycles. The van der Waals surface area contributed by atoms with Crippen LogP contribution in [-0.4, -0.2) is 43.8 Å². The first-order valence-electron chi connectivity index (χ1n) is 14.5. The van der Waals surface area contributed by atoms with E-state index in [0.717, 1.165) is 9.87 Å². The molecule has 0 saturated heterocycles. The maximum atomic E-state index is 14.6. The van der Waals surface area contributed by atoms with Crippen LogP contribution in [0.2, 0.25) is 20.1 Å². The first kappa shape index (κ1) is 35.6. The molecule has 2 atom stereocenters. The molecule has 0 radical (unpaired) electrons. The minimum Gasteiger partial charge on any atom is -0.352 e. The SMILES string of the molecule is CC[C@@H](C)NC(=O)[C@H](Cc1ccccc1)N(Cc1ccc(Cl)c(Cl)c1)C(=O)CN(c1cccc(Cl)c1Cl)S(=O)(=O)c1ccccc1. The van der Waals surface area contributed by atoms with E-state index in [1.165, 1.54) is 29.2 Å². The summed E-state index contributed by atoms with van der Waals surface area (Å²) in [5, 5.41) is 3.67. The van der Waals surface area contributed by atoms with Crippen LogP contribution in [0.5, 0.6) is 0 Å². The summed E-state index contributed by atoms with van der Waals surface area (Å²) in [6.45, 7) is 3.07. The van der Waals surface area contributed by atoms with Gasteiger partial charge < -0.3 is 10.2 Å². The second kappa shape index (κ2) is 16.0. The number of hydrogen-bond donors (Lipinski definition) is 1. The highest BCUT2D eigenvalue weighted by molar-refractivity contribution is 7.92. The molecule has 12 heteroatoms. The Morgan fingerprint density at radius 3 is 2.07 bits per heavy atom. The average Bonchev–Trinajstić information content (AvgIpc) is 3.05. The Hall–Kier alpha value is -3.27. The molecule has 0 unspecified atom stereocenters. The fraction of sp³-hybridized carbons (Fsp3) is 0.235.